The molecule has 0 saturated heterocycles. The zero-order chi connectivity index (χ0) is 28.6. The van der Waals surface area contributed by atoms with Gasteiger partial charge in [0.25, 0.3) is 5.91 Å². The Labute approximate surface area is 229 Å². The van der Waals surface area contributed by atoms with E-state index in [4.69, 9.17) is 14.2 Å². The molecule has 1 amide bonds. The van der Waals surface area contributed by atoms with Crippen LogP contribution in [-0.4, -0.2) is 47.7 Å². The van der Waals surface area contributed by atoms with E-state index in [1.807, 2.05) is 35.3 Å². The Balaban J connectivity index is 1.66. The molecule has 210 valence electrons. The van der Waals surface area contributed by atoms with Gasteiger partial charge in [0, 0.05) is 19.3 Å². The van der Waals surface area contributed by atoms with E-state index in [1.54, 1.807) is 20.9 Å². The summed E-state index contributed by atoms with van der Waals surface area (Å²) < 4.78 is 46.0. The number of carbonyl (C=O) groups excluding carboxylic acids is 2. The molecule has 3 heterocycles. The lowest BCUT2D eigenvalue weighted by Gasteiger charge is -2.50. The third-order valence-electron chi connectivity index (χ3n) is 7.04. The minimum absolute atomic E-state index is 0.0854. The number of carbonyl (C=O) groups is 2. The van der Waals surface area contributed by atoms with Crippen LogP contribution in [0.25, 0.3) is 0 Å². The van der Waals surface area contributed by atoms with Crippen LogP contribution < -0.4 is 15.2 Å². The SMILES string of the molecule is CC(C)OC(=O)OCOc1c2n(ccc1=O)N1C(c3ccccc3)c3cc(F)c(F)cc3CCC[C@H]1N(C)C2=O. The maximum absolute atomic E-state index is 14.7. The molecule has 5 rings (SSSR count). The number of aromatic nitrogens is 1. The summed E-state index contributed by atoms with van der Waals surface area (Å²) in [5.74, 6) is -2.69. The molecule has 40 heavy (non-hydrogen) atoms. The van der Waals surface area contributed by atoms with Gasteiger partial charge in [-0.3, -0.25) is 19.3 Å². The van der Waals surface area contributed by atoms with Gasteiger partial charge in [-0.2, -0.15) is 0 Å². The molecule has 3 aromatic rings. The number of rotatable bonds is 5. The lowest BCUT2D eigenvalue weighted by Crippen LogP contribution is -2.61. The molecule has 11 heteroatoms. The summed E-state index contributed by atoms with van der Waals surface area (Å²) >= 11 is 0. The molecular formula is C29H29F2N3O6. The van der Waals surface area contributed by atoms with Crippen molar-refractivity contribution in [3.05, 3.63) is 99.0 Å². The van der Waals surface area contributed by atoms with Crippen molar-refractivity contribution in [3.8, 4) is 5.75 Å². The van der Waals surface area contributed by atoms with Crippen LogP contribution in [0, 0.1) is 11.6 Å². The molecule has 1 aromatic heterocycles. The summed E-state index contributed by atoms with van der Waals surface area (Å²) in [6.07, 6.45) is 1.20. The maximum Gasteiger partial charge on any atom is 0.511 e. The minimum Gasteiger partial charge on any atom is -0.451 e. The van der Waals surface area contributed by atoms with Gasteiger partial charge in [0.2, 0.25) is 18.0 Å². The maximum atomic E-state index is 14.7. The van der Waals surface area contributed by atoms with Crippen molar-refractivity contribution in [1.29, 1.82) is 0 Å². The summed E-state index contributed by atoms with van der Waals surface area (Å²) in [6, 6.07) is 12.3. The first-order chi connectivity index (χ1) is 19.2. The first-order valence-electron chi connectivity index (χ1n) is 13.0. The van der Waals surface area contributed by atoms with E-state index in [1.165, 1.54) is 34.0 Å². The Kier molecular flexibility index (Phi) is 7.46. The van der Waals surface area contributed by atoms with Gasteiger partial charge in [-0.15, -0.1) is 0 Å². The van der Waals surface area contributed by atoms with Crippen LogP contribution in [0.2, 0.25) is 0 Å². The predicted octanol–water partition coefficient (Wildman–Crippen LogP) is 4.50. The van der Waals surface area contributed by atoms with Crippen molar-refractivity contribution in [2.24, 2.45) is 0 Å². The Morgan fingerprint density at radius 1 is 1.07 bits per heavy atom. The van der Waals surface area contributed by atoms with Crippen molar-refractivity contribution in [2.45, 2.75) is 51.4 Å². The number of ether oxygens (including phenoxy) is 3. The van der Waals surface area contributed by atoms with Crippen molar-refractivity contribution in [2.75, 3.05) is 18.8 Å². The summed E-state index contributed by atoms with van der Waals surface area (Å²) in [6.45, 7) is 2.64. The molecular weight excluding hydrogens is 524 g/mol. The van der Waals surface area contributed by atoms with Gasteiger partial charge in [0.1, 0.15) is 6.17 Å². The quantitative estimate of drug-likeness (QED) is 0.340. The van der Waals surface area contributed by atoms with E-state index in [0.717, 1.165) is 5.56 Å². The van der Waals surface area contributed by atoms with Crippen molar-refractivity contribution < 1.29 is 32.6 Å². The fraction of sp³-hybridized carbons (Fsp3) is 0.345. The second kappa shape index (κ2) is 11.0. The largest absolute Gasteiger partial charge is 0.511 e. The second-order valence-corrected chi connectivity index (χ2v) is 9.97. The van der Waals surface area contributed by atoms with Gasteiger partial charge in [0.15, 0.2) is 17.3 Å². The van der Waals surface area contributed by atoms with Crippen LogP contribution in [0.3, 0.4) is 0 Å². The Morgan fingerprint density at radius 2 is 1.80 bits per heavy atom. The van der Waals surface area contributed by atoms with Gasteiger partial charge >= 0.3 is 6.16 Å². The Bertz CT molecular complexity index is 1490. The first-order valence-corrected chi connectivity index (χ1v) is 13.0. The number of hydrogen-bond donors (Lipinski definition) is 0. The number of aryl methyl sites for hydroxylation is 1. The molecule has 0 aliphatic carbocycles. The number of pyridine rings is 1. The molecule has 1 unspecified atom stereocenters. The number of nitrogens with zero attached hydrogens (tertiary/aromatic N) is 3. The molecule has 0 N–H and O–H groups in total. The highest BCUT2D eigenvalue weighted by atomic mass is 19.2. The van der Waals surface area contributed by atoms with E-state index in [0.29, 0.717) is 30.4 Å². The standard InChI is InChI=1S/C29H29F2N3O6/c1-17(2)40-29(37)39-16-38-27-23(35)12-13-33-26(27)28(36)32(3)24-11-7-10-19-14-21(30)22(31)15-20(19)25(34(24)33)18-8-5-4-6-9-18/h4-6,8-9,12-15,17,24-25H,7,10-11,16H2,1-3H3/t24-,25?/m0/s1. The monoisotopic (exact) mass is 553 g/mol. The highest BCUT2D eigenvalue weighted by Gasteiger charge is 2.43. The van der Waals surface area contributed by atoms with Gasteiger partial charge in [-0.05, 0) is 61.9 Å². The van der Waals surface area contributed by atoms with Crippen LogP contribution in [0.4, 0.5) is 13.6 Å². The Morgan fingerprint density at radius 3 is 2.52 bits per heavy atom. The number of amides is 1. The highest BCUT2D eigenvalue weighted by Crippen LogP contribution is 2.39. The topological polar surface area (TPSA) is 90.3 Å². The number of fused-ring (bicyclic) bond motifs is 4. The average molecular weight is 554 g/mol. The smallest absolute Gasteiger partial charge is 0.451 e. The van der Waals surface area contributed by atoms with Crippen LogP contribution in [-0.2, 0) is 15.9 Å². The molecule has 2 aliphatic rings. The van der Waals surface area contributed by atoms with Crippen LogP contribution in [0.5, 0.6) is 5.75 Å². The van der Waals surface area contributed by atoms with Crippen LogP contribution in [0.15, 0.2) is 59.5 Å². The van der Waals surface area contributed by atoms with Crippen LogP contribution in [0.1, 0.15) is 59.9 Å². The number of halogens is 2. The summed E-state index contributed by atoms with van der Waals surface area (Å²) in [5, 5.41) is 1.88. The molecule has 0 saturated carbocycles. The minimum atomic E-state index is -0.984. The zero-order valence-electron chi connectivity index (χ0n) is 22.3. The molecule has 0 spiro atoms. The van der Waals surface area contributed by atoms with Crippen molar-refractivity contribution >= 4 is 12.1 Å². The number of benzene rings is 2. The van der Waals surface area contributed by atoms with Crippen molar-refractivity contribution in [1.82, 2.24) is 9.58 Å². The third-order valence-corrected chi connectivity index (χ3v) is 7.04. The average Bonchev–Trinajstić information content (AvgIpc) is 2.91. The summed E-state index contributed by atoms with van der Waals surface area (Å²) in [4.78, 5) is 39.9. The normalized spacial score (nSPS) is 18.3. The first kappa shape index (κ1) is 27.2. The molecule has 2 atom stereocenters. The Hall–Kier alpha value is -4.41. The van der Waals surface area contributed by atoms with Crippen molar-refractivity contribution in [3.63, 3.8) is 0 Å². The van der Waals surface area contributed by atoms with E-state index >= 15 is 0 Å². The molecule has 2 aliphatic heterocycles. The van der Waals surface area contributed by atoms with E-state index in [9.17, 15) is 23.2 Å². The molecule has 0 bridgehead atoms. The van der Waals surface area contributed by atoms with Gasteiger partial charge in [0.05, 0.1) is 12.1 Å². The molecule has 0 fully saturated rings. The molecule has 0 radical (unpaired) electrons. The van der Waals surface area contributed by atoms with E-state index in [-0.39, 0.29) is 11.4 Å². The third kappa shape index (κ3) is 4.99. The lowest BCUT2D eigenvalue weighted by atomic mass is 9.88. The summed E-state index contributed by atoms with van der Waals surface area (Å²) in [5.41, 5.74) is 1.30. The lowest BCUT2D eigenvalue weighted by molar-refractivity contribution is -0.00924. The number of hydrogen-bond acceptors (Lipinski definition) is 7. The van der Waals surface area contributed by atoms with Gasteiger partial charge in [-0.25, -0.2) is 13.6 Å². The second-order valence-electron chi connectivity index (χ2n) is 9.97. The molecule has 2 aromatic carbocycles. The fourth-order valence-electron chi connectivity index (χ4n) is 5.30. The van der Waals surface area contributed by atoms with E-state index < -0.39 is 54.2 Å². The van der Waals surface area contributed by atoms with Crippen LogP contribution >= 0.6 is 0 Å². The highest BCUT2D eigenvalue weighted by molar-refractivity contribution is 5.96. The molecule has 9 nitrogen and oxygen atoms in total. The fourth-order valence-corrected chi connectivity index (χ4v) is 5.30. The van der Waals surface area contributed by atoms with E-state index in [2.05, 4.69) is 0 Å². The van der Waals surface area contributed by atoms with Gasteiger partial charge < -0.3 is 19.1 Å². The summed E-state index contributed by atoms with van der Waals surface area (Å²) in [7, 11) is 1.62. The van der Waals surface area contributed by atoms with Gasteiger partial charge in [-0.1, -0.05) is 30.3 Å². The zero-order valence-corrected chi connectivity index (χ0v) is 22.3. The predicted molar refractivity (Wildman–Crippen MR) is 141 cm³/mol.